The van der Waals surface area contributed by atoms with Crippen molar-refractivity contribution >= 4 is 12.0 Å². The molecule has 8 heteroatoms. The Balaban J connectivity index is 1.73. The van der Waals surface area contributed by atoms with Gasteiger partial charge in [-0.15, -0.1) is 0 Å². The summed E-state index contributed by atoms with van der Waals surface area (Å²) in [6.45, 7) is 7.78. The van der Waals surface area contributed by atoms with E-state index in [1.807, 2.05) is 39.0 Å². The van der Waals surface area contributed by atoms with E-state index in [0.29, 0.717) is 32.6 Å². The highest BCUT2D eigenvalue weighted by atomic mass is 16.6. The van der Waals surface area contributed by atoms with Crippen molar-refractivity contribution in [3.05, 3.63) is 23.8 Å². The minimum Gasteiger partial charge on any atom is -0.497 e. The van der Waals surface area contributed by atoms with Crippen LogP contribution in [0.5, 0.6) is 11.5 Å². The molecule has 2 fully saturated rings. The Bertz CT molecular complexity index is 791. The predicted octanol–water partition coefficient (Wildman–Crippen LogP) is 2.31. The molecule has 1 spiro atoms. The lowest BCUT2D eigenvalue weighted by molar-refractivity contribution is -0.120. The van der Waals surface area contributed by atoms with Gasteiger partial charge in [-0.25, -0.2) is 4.79 Å². The molecule has 3 rings (SSSR count). The maximum Gasteiger partial charge on any atom is 0.410 e. The normalized spacial score (nSPS) is 24.0. The number of amides is 2. The molecule has 0 bridgehead atoms. The zero-order valence-electron chi connectivity index (χ0n) is 18.5. The van der Waals surface area contributed by atoms with Gasteiger partial charge in [0.2, 0.25) is 5.91 Å². The van der Waals surface area contributed by atoms with Crippen LogP contribution >= 0.6 is 0 Å². The molecule has 2 heterocycles. The number of piperidine rings is 1. The molecule has 0 radical (unpaired) electrons. The Morgan fingerprint density at radius 2 is 2.07 bits per heavy atom. The summed E-state index contributed by atoms with van der Waals surface area (Å²) in [5.41, 5.74) is 0.168. The third kappa shape index (κ3) is 5.36. The van der Waals surface area contributed by atoms with Crippen molar-refractivity contribution in [2.45, 2.75) is 51.8 Å². The first-order valence-corrected chi connectivity index (χ1v) is 10.3. The van der Waals surface area contributed by atoms with Gasteiger partial charge >= 0.3 is 6.09 Å². The topological polar surface area (TPSA) is 89.1 Å². The van der Waals surface area contributed by atoms with Crippen molar-refractivity contribution in [2.24, 2.45) is 5.41 Å². The van der Waals surface area contributed by atoms with Gasteiger partial charge in [-0.1, -0.05) is 6.07 Å². The second-order valence-electron chi connectivity index (χ2n) is 9.27. The molecule has 2 saturated heterocycles. The number of nitrogens with one attached hydrogen (secondary N) is 2. The Morgan fingerprint density at radius 1 is 1.30 bits per heavy atom. The number of ether oxygens (including phenoxy) is 3. The molecule has 0 aromatic heterocycles. The first kappa shape index (κ1) is 22.2. The summed E-state index contributed by atoms with van der Waals surface area (Å²) in [4.78, 5) is 26.5. The number of carbonyl (C=O) groups excluding carboxylic acids is 2. The molecule has 1 aromatic rings. The summed E-state index contributed by atoms with van der Waals surface area (Å²) in [5.74, 6) is 1.52. The van der Waals surface area contributed by atoms with Gasteiger partial charge in [-0.05, 0) is 33.3 Å². The Hall–Kier alpha value is -2.48. The van der Waals surface area contributed by atoms with Gasteiger partial charge in [0, 0.05) is 55.7 Å². The van der Waals surface area contributed by atoms with Gasteiger partial charge in [0.15, 0.2) is 0 Å². The smallest absolute Gasteiger partial charge is 0.410 e. The van der Waals surface area contributed by atoms with Crippen LogP contribution in [0.2, 0.25) is 0 Å². The van der Waals surface area contributed by atoms with E-state index < -0.39 is 5.60 Å². The van der Waals surface area contributed by atoms with E-state index in [1.54, 1.807) is 19.1 Å². The van der Waals surface area contributed by atoms with Crippen molar-refractivity contribution in [3.8, 4) is 11.5 Å². The highest BCUT2D eigenvalue weighted by Crippen LogP contribution is 2.37. The molecule has 0 saturated carbocycles. The van der Waals surface area contributed by atoms with E-state index in [1.165, 1.54) is 0 Å². The monoisotopic (exact) mass is 419 g/mol. The highest BCUT2D eigenvalue weighted by Gasteiger charge is 2.46. The maximum atomic E-state index is 12.8. The average molecular weight is 420 g/mol. The van der Waals surface area contributed by atoms with E-state index in [2.05, 4.69) is 10.6 Å². The van der Waals surface area contributed by atoms with E-state index in [0.717, 1.165) is 23.5 Å². The summed E-state index contributed by atoms with van der Waals surface area (Å²) in [6.07, 6.45) is 0.898. The van der Waals surface area contributed by atoms with E-state index in [9.17, 15) is 9.59 Å². The van der Waals surface area contributed by atoms with Gasteiger partial charge < -0.3 is 29.7 Å². The number of hydrogen-bond donors (Lipinski definition) is 2. The second kappa shape index (κ2) is 8.71. The maximum absolute atomic E-state index is 12.8. The third-order valence-electron chi connectivity index (χ3n) is 5.57. The summed E-state index contributed by atoms with van der Waals surface area (Å²) in [7, 11) is 3.25. The number of likely N-dealkylation sites (tertiary alicyclic amines) is 1. The first-order valence-electron chi connectivity index (χ1n) is 10.3. The standard InChI is InChI=1S/C22H33N3O5/c1-21(2,3)30-20(27)25-12-16(9-22(14-25)10-19(26)24-13-22)23-11-15-6-7-17(28-4)8-18(15)29-5/h6-8,16,23H,9-14H2,1-5H3,(H,24,26). The summed E-state index contributed by atoms with van der Waals surface area (Å²) in [6, 6.07) is 5.75. The Labute approximate surface area is 178 Å². The van der Waals surface area contributed by atoms with Crippen LogP contribution in [0.25, 0.3) is 0 Å². The minimum atomic E-state index is -0.565. The average Bonchev–Trinajstić information content (AvgIpc) is 3.03. The molecule has 2 atom stereocenters. The molecule has 1 aromatic carbocycles. The van der Waals surface area contributed by atoms with Crippen molar-refractivity contribution in [1.29, 1.82) is 0 Å². The zero-order valence-corrected chi connectivity index (χ0v) is 18.5. The van der Waals surface area contributed by atoms with E-state index in [4.69, 9.17) is 14.2 Å². The molecule has 2 amide bonds. The Kier molecular flexibility index (Phi) is 6.45. The molecule has 8 nitrogen and oxygen atoms in total. The fraction of sp³-hybridized carbons (Fsp3) is 0.636. The molecule has 2 N–H and O–H groups in total. The van der Waals surface area contributed by atoms with Gasteiger partial charge in [0.1, 0.15) is 17.1 Å². The van der Waals surface area contributed by atoms with Crippen LogP contribution < -0.4 is 20.1 Å². The lowest BCUT2D eigenvalue weighted by atomic mass is 9.77. The number of carbonyl (C=O) groups is 2. The van der Waals surface area contributed by atoms with Crippen LogP contribution in [-0.4, -0.2) is 62.4 Å². The molecule has 166 valence electrons. The van der Waals surface area contributed by atoms with Crippen LogP contribution in [-0.2, 0) is 16.1 Å². The van der Waals surface area contributed by atoms with Gasteiger partial charge in [-0.3, -0.25) is 4.79 Å². The first-order chi connectivity index (χ1) is 14.1. The van der Waals surface area contributed by atoms with Crippen LogP contribution in [0, 0.1) is 5.41 Å². The lowest BCUT2D eigenvalue weighted by Gasteiger charge is -2.44. The van der Waals surface area contributed by atoms with Crippen molar-refractivity contribution < 1.29 is 23.8 Å². The molecule has 0 aliphatic carbocycles. The van der Waals surface area contributed by atoms with Crippen molar-refractivity contribution in [1.82, 2.24) is 15.5 Å². The molecular weight excluding hydrogens is 386 g/mol. The third-order valence-corrected chi connectivity index (χ3v) is 5.57. The SMILES string of the molecule is COc1ccc(CNC2CN(C(=O)OC(C)(C)C)CC3(CNC(=O)C3)C2)c(OC)c1. The minimum absolute atomic E-state index is 0.0331. The Morgan fingerprint density at radius 3 is 2.67 bits per heavy atom. The quantitative estimate of drug-likeness (QED) is 0.761. The number of rotatable bonds is 5. The predicted molar refractivity (Wildman–Crippen MR) is 113 cm³/mol. The van der Waals surface area contributed by atoms with Gasteiger partial charge in [0.25, 0.3) is 0 Å². The van der Waals surface area contributed by atoms with Gasteiger partial charge in [-0.2, -0.15) is 0 Å². The summed E-state index contributed by atoms with van der Waals surface area (Å²) in [5, 5.41) is 6.49. The summed E-state index contributed by atoms with van der Waals surface area (Å²) < 4.78 is 16.4. The fourth-order valence-electron chi connectivity index (χ4n) is 4.25. The molecule has 2 unspecified atom stereocenters. The number of nitrogens with zero attached hydrogens (tertiary/aromatic N) is 1. The fourth-order valence-corrected chi connectivity index (χ4v) is 4.25. The molecule has 2 aliphatic rings. The van der Waals surface area contributed by atoms with E-state index in [-0.39, 0.29) is 23.5 Å². The molecule has 2 aliphatic heterocycles. The number of methoxy groups -OCH3 is 2. The van der Waals surface area contributed by atoms with Crippen LogP contribution in [0.1, 0.15) is 39.2 Å². The van der Waals surface area contributed by atoms with Crippen molar-refractivity contribution in [2.75, 3.05) is 33.9 Å². The largest absolute Gasteiger partial charge is 0.497 e. The van der Waals surface area contributed by atoms with E-state index >= 15 is 0 Å². The second-order valence-corrected chi connectivity index (χ2v) is 9.27. The molecule has 30 heavy (non-hydrogen) atoms. The van der Waals surface area contributed by atoms with Crippen LogP contribution in [0.15, 0.2) is 18.2 Å². The number of hydrogen-bond acceptors (Lipinski definition) is 6. The molecular formula is C22H33N3O5. The van der Waals surface area contributed by atoms with Crippen LogP contribution in [0.3, 0.4) is 0 Å². The summed E-state index contributed by atoms with van der Waals surface area (Å²) >= 11 is 0. The number of benzene rings is 1. The van der Waals surface area contributed by atoms with Crippen LogP contribution in [0.4, 0.5) is 4.79 Å². The van der Waals surface area contributed by atoms with Gasteiger partial charge in [0.05, 0.1) is 14.2 Å². The highest BCUT2D eigenvalue weighted by molar-refractivity contribution is 5.79. The lowest BCUT2D eigenvalue weighted by Crippen LogP contribution is -2.57. The zero-order chi connectivity index (χ0) is 21.9. The van der Waals surface area contributed by atoms with Crippen molar-refractivity contribution in [3.63, 3.8) is 0 Å².